The molecule has 6 heteroatoms. The maximum atomic E-state index is 12.4. The number of hydrogen-bond acceptors (Lipinski definition) is 3. The van der Waals surface area contributed by atoms with Gasteiger partial charge in [-0.05, 0) is 52.3 Å². The molecule has 0 fully saturated rings. The Hall–Kier alpha value is -1.85. The molecule has 100 valence electrons. The molecule has 3 aromatic rings. The quantitative estimate of drug-likeness (QED) is 0.714. The zero-order valence-corrected chi connectivity index (χ0v) is 12.3. The van der Waals surface area contributed by atoms with Gasteiger partial charge in [-0.2, -0.15) is 0 Å². The van der Waals surface area contributed by atoms with Crippen LogP contribution in [0.4, 0.5) is 0 Å². The van der Waals surface area contributed by atoms with Gasteiger partial charge in [0, 0.05) is 20.6 Å². The Labute approximate surface area is 126 Å². The molecule has 0 saturated heterocycles. The first kappa shape index (κ1) is 13.1. The van der Waals surface area contributed by atoms with Crippen molar-refractivity contribution in [1.29, 1.82) is 0 Å². The van der Waals surface area contributed by atoms with Crippen molar-refractivity contribution < 1.29 is 9.21 Å². The van der Waals surface area contributed by atoms with E-state index in [-0.39, 0.29) is 5.78 Å². The molecule has 0 aliphatic heterocycles. The van der Waals surface area contributed by atoms with E-state index in [9.17, 15) is 9.59 Å². The standard InChI is InChI=1S/C14H7BrClNO3/c15-10-6-8(16)2-3-9(10)13(18)7-1-4-11-12(5-7)20-14(19)17-11/h1-6H,(H,17,19). The van der Waals surface area contributed by atoms with Gasteiger partial charge in [0.1, 0.15) is 0 Å². The Bertz CT molecular complexity index is 882. The van der Waals surface area contributed by atoms with Crippen LogP contribution in [0.15, 0.2) is 50.1 Å². The fourth-order valence-corrected chi connectivity index (χ4v) is 2.78. The molecule has 3 rings (SSSR count). The van der Waals surface area contributed by atoms with Gasteiger partial charge in [-0.15, -0.1) is 0 Å². The summed E-state index contributed by atoms with van der Waals surface area (Å²) >= 11 is 9.17. The second kappa shape index (κ2) is 4.92. The Morgan fingerprint density at radius 2 is 2.00 bits per heavy atom. The normalized spacial score (nSPS) is 10.9. The van der Waals surface area contributed by atoms with Crippen molar-refractivity contribution in [2.24, 2.45) is 0 Å². The van der Waals surface area contributed by atoms with E-state index < -0.39 is 5.76 Å². The predicted octanol–water partition coefficient (Wildman–Crippen LogP) is 3.77. The van der Waals surface area contributed by atoms with Gasteiger partial charge in [0.2, 0.25) is 0 Å². The van der Waals surface area contributed by atoms with Gasteiger partial charge in [-0.3, -0.25) is 9.78 Å². The Morgan fingerprint density at radius 3 is 2.75 bits per heavy atom. The Kier molecular flexibility index (Phi) is 3.23. The van der Waals surface area contributed by atoms with Gasteiger partial charge < -0.3 is 4.42 Å². The van der Waals surface area contributed by atoms with Crippen molar-refractivity contribution in [3.8, 4) is 0 Å². The summed E-state index contributed by atoms with van der Waals surface area (Å²) in [4.78, 5) is 26.1. The molecule has 1 heterocycles. The van der Waals surface area contributed by atoms with Crippen LogP contribution < -0.4 is 5.76 Å². The Morgan fingerprint density at radius 1 is 1.20 bits per heavy atom. The number of nitrogens with one attached hydrogen (secondary N) is 1. The highest BCUT2D eigenvalue weighted by Crippen LogP contribution is 2.25. The number of fused-ring (bicyclic) bond motifs is 1. The number of aromatic amines is 1. The van der Waals surface area contributed by atoms with Crippen molar-refractivity contribution >= 4 is 44.4 Å². The maximum absolute atomic E-state index is 12.4. The number of hydrogen-bond donors (Lipinski definition) is 1. The van der Waals surface area contributed by atoms with E-state index in [0.29, 0.717) is 31.7 Å². The molecule has 0 aliphatic rings. The van der Waals surface area contributed by atoms with Crippen LogP contribution in [0.25, 0.3) is 11.1 Å². The summed E-state index contributed by atoms with van der Waals surface area (Å²) in [6.45, 7) is 0. The van der Waals surface area contributed by atoms with Crippen LogP contribution >= 0.6 is 27.5 Å². The first-order valence-electron chi connectivity index (χ1n) is 5.67. The molecule has 0 spiro atoms. The van der Waals surface area contributed by atoms with Crippen molar-refractivity contribution in [2.45, 2.75) is 0 Å². The lowest BCUT2D eigenvalue weighted by Gasteiger charge is -2.04. The molecule has 20 heavy (non-hydrogen) atoms. The minimum absolute atomic E-state index is 0.181. The number of aromatic nitrogens is 1. The summed E-state index contributed by atoms with van der Waals surface area (Å²) < 4.78 is 5.56. The second-order valence-electron chi connectivity index (χ2n) is 4.18. The predicted molar refractivity (Wildman–Crippen MR) is 79.4 cm³/mol. The molecule has 4 nitrogen and oxygen atoms in total. The van der Waals surface area contributed by atoms with E-state index in [2.05, 4.69) is 20.9 Å². The molecule has 0 unspecified atom stereocenters. The van der Waals surface area contributed by atoms with Gasteiger partial charge >= 0.3 is 5.76 Å². The van der Waals surface area contributed by atoms with E-state index in [1.165, 1.54) is 6.07 Å². The highest BCUT2D eigenvalue weighted by molar-refractivity contribution is 9.10. The molecule has 0 saturated carbocycles. The lowest BCUT2D eigenvalue weighted by atomic mass is 10.0. The first-order valence-corrected chi connectivity index (χ1v) is 6.84. The highest BCUT2D eigenvalue weighted by Gasteiger charge is 2.14. The van der Waals surface area contributed by atoms with E-state index in [0.717, 1.165) is 0 Å². The van der Waals surface area contributed by atoms with E-state index in [4.69, 9.17) is 16.0 Å². The molecule has 0 radical (unpaired) electrons. The Balaban J connectivity index is 2.09. The third kappa shape index (κ3) is 2.30. The number of halogens is 2. The smallest absolute Gasteiger partial charge is 0.408 e. The lowest BCUT2D eigenvalue weighted by Crippen LogP contribution is -2.02. The molecule has 0 aliphatic carbocycles. The van der Waals surface area contributed by atoms with E-state index in [1.807, 2.05) is 0 Å². The number of carbonyl (C=O) groups excluding carboxylic acids is 1. The third-order valence-corrected chi connectivity index (χ3v) is 3.75. The van der Waals surface area contributed by atoms with Crippen LogP contribution in [-0.4, -0.2) is 10.8 Å². The topological polar surface area (TPSA) is 63.1 Å². The molecule has 0 amide bonds. The average Bonchev–Trinajstić information content (AvgIpc) is 2.77. The van der Waals surface area contributed by atoms with Gasteiger partial charge in [-0.25, -0.2) is 4.79 Å². The lowest BCUT2D eigenvalue weighted by molar-refractivity contribution is 0.103. The molecule has 2 aromatic carbocycles. The zero-order valence-electron chi connectivity index (χ0n) is 9.94. The van der Waals surface area contributed by atoms with Gasteiger partial charge in [0.25, 0.3) is 0 Å². The number of ketones is 1. The third-order valence-electron chi connectivity index (χ3n) is 2.86. The number of oxazole rings is 1. The molecular formula is C14H7BrClNO3. The number of carbonyl (C=O) groups is 1. The van der Waals surface area contributed by atoms with Crippen LogP contribution in [0.5, 0.6) is 0 Å². The summed E-state index contributed by atoms with van der Waals surface area (Å²) in [6.07, 6.45) is 0. The van der Waals surface area contributed by atoms with Crippen LogP contribution in [0.1, 0.15) is 15.9 Å². The van der Waals surface area contributed by atoms with Crippen LogP contribution in [0.2, 0.25) is 5.02 Å². The van der Waals surface area contributed by atoms with Gasteiger partial charge in [0.05, 0.1) is 5.52 Å². The van der Waals surface area contributed by atoms with Crippen LogP contribution in [-0.2, 0) is 0 Å². The molecule has 1 N–H and O–H groups in total. The van der Waals surface area contributed by atoms with Crippen LogP contribution in [0.3, 0.4) is 0 Å². The van der Waals surface area contributed by atoms with Gasteiger partial charge in [0.15, 0.2) is 11.4 Å². The van der Waals surface area contributed by atoms with Crippen molar-refractivity contribution in [2.75, 3.05) is 0 Å². The minimum Gasteiger partial charge on any atom is -0.408 e. The number of benzene rings is 2. The maximum Gasteiger partial charge on any atom is 0.417 e. The fourth-order valence-electron chi connectivity index (χ4n) is 1.92. The van der Waals surface area contributed by atoms with Crippen molar-refractivity contribution in [3.63, 3.8) is 0 Å². The summed E-state index contributed by atoms with van der Waals surface area (Å²) in [7, 11) is 0. The summed E-state index contributed by atoms with van der Waals surface area (Å²) in [5, 5.41) is 0.542. The van der Waals surface area contributed by atoms with Crippen molar-refractivity contribution in [1.82, 2.24) is 4.98 Å². The average molecular weight is 353 g/mol. The van der Waals surface area contributed by atoms with Crippen LogP contribution in [0, 0.1) is 0 Å². The molecule has 1 aromatic heterocycles. The zero-order chi connectivity index (χ0) is 14.3. The summed E-state index contributed by atoms with van der Waals surface area (Å²) in [6, 6.07) is 9.76. The molecule has 0 atom stereocenters. The van der Waals surface area contributed by atoms with Crippen molar-refractivity contribution in [3.05, 3.63) is 67.6 Å². The number of H-pyrrole nitrogens is 1. The largest absolute Gasteiger partial charge is 0.417 e. The SMILES string of the molecule is O=C(c1ccc2[nH]c(=O)oc2c1)c1ccc(Cl)cc1Br. The van der Waals surface area contributed by atoms with E-state index in [1.54, 1.807) is 30.3 Å². The van der Waals surface area contributed by atoms with E-state index >= 15 is 0 Å². The minimum atomic E-state index is -0.544. The monoisotopic (exact) mass is 351 g/mol. The molecule has 0 bridgehead atoms. The first-order chi connectivity index (χ1) is 9.54. The second-order valence-corrected chi connectivity index (χ2v) is 5.47. The number of rotatable bonds is 2. The summed E-state index contributed by atoms with van der Waals surface area (Å²) in [5.41, 5.74) is 1.84. The van der Waals surface area contributed by atoms with Gasteiger partial charge in [-0.1, -0.05) is 11.6 Å². The summed E-state index contributed by atoms with van der Waals surface area (Å²) in [5.74, 6) is -0.725. The molecular weight excluding hydrogens is 346 g/mol. The highest BCUT2D eigenvalue weighted by atomic mass is 79.9. The fraction of sp³-hybridized carbons (Fsp3) is 0.